The molecule has 224 valence electrons. The van der Waals surface area contributed by atoms with Gasteiger partial charge in [-0.15, -0.1) is 22.7 Å². The normalized spacial score (nSPS) is 12.2. The molecule has 0 atom stereocenters. The number of thiophene rings is 2. The van der Waals surface area contributed by atoms with Crippen LogP contribution in [0.1, 0.15) is 0 Å². The molecule has 0 aliphatic carbocycles. The fraction of sp³-hybridized carbons (Fsp3) is 0. The van der Waals surface area contributed by atoms with Crippen LogP contribution >= 0.6 is 22.7 Å². The molecule has 0 saturated heterocycles. The summed E-state index contributed by atoms with van der Waals surface area (Å²) in [6, 6.07) is 55.7. The number of hydrogen-bond acceptors (Lipinski definition) is 2. The van der Waals surface area contributed by atoms with Crippen molar-refractivity contribution >= 4 is 96.4 Å². The minimum atomic E-state index is 1.18. The summed E-state index contributed by atoms with van der Waals surface area (Å²) in [5.41, 5.74) is 7.38. The van der Waals surface area contributed by atoms with E-state index in [2.05, 4.69) is 167 Å². The van der Waals surface area contributed by atoms with E-state index in [4.69, 9.17) is 0 Å². The van der Waals surface area contributed by atoms with Crippen LogP contribution in [-0.4, -0.2) is 9.13 Å². The fourth-order valence-corrected chi connectivity index (χ4v) is 10.3. The third-order valence-corrected chi connectivity index (χ3v) is 12.4. The highest BCUT2D eigenvalue weighted by Crippen LogP contribution is 2.46. The molecule has 0 amide bonds. The van der Waals surface area contributed by atoms with Crippen molar-refractivity contribution in [2.75, 3.05) is 0 Å². The highest BCUT2D eigenvalue weighted by atomic mass is 32.1. The molecule has 4 heteroatoms. The van der Waals surface area contributed by atoms with E-state index in [-0.39, 0.29) is 0 Å². The molecule has 0 aliphatic heterocycles. The number of rotatable bonds is 3. The molecule has 4 heterocycles. The Morgan fingerprint density at radius 3 is 1.94 bits per heavy atom. The molecular weight excluding hydrogens is 621 g/mol. The minimum Gasteiger partial charge on any atom is -0.314 e. The first-order valence-corrected chi connectivity index (χ1v) is 17.9. The Bertz CT molecular complexity index is 3010. The molecule has 11 aromatic rings. The second-order valence-corrected chi connectivity index (χ2v) is 14.6. The largest absolute Gasteiger partial charge is 0.314 e. The molecule has 0 N–H and O–H groups in total. The van der Waals surface area contributed by atoms with Gasteiger partial charge >= 0.3 is 0 Å². The lowest BCUT2D eigenvalue weighted by Gasteiger charge is -2.13. The summed E-state index contributed by atoms with van der Waals surface area (Å²) in [4.78, 5) is 1.29. The summed E-state index contributed by atoms with van der Waals surface area (Å²) in [7, 11) is 0. The molecule has 0 spiro atoms. The molecule has 0 fully saturated rings. The van der Waals surface area contributed by atoms with Crippen LogP contribution in [-0.2, 0) is 0 Å². The fourth-order valence-electron chi connectivity index (χ4n) is 7.85. The van der Waals surface area contributed by atoms with E-state index in [9.17, 15) is 0 Å². The predicted molar refractivity (Wildman–Crippen MR) is 209 cm³/mol. The van der Waals surface area contributed by atoms with Crippen molar-refractivity contribution < 1.29 is 0 Å². The maximum atomic E-state index is 2.44. The van der Waals surface area contributed by atoms with Crippen molar-refractivity contribution in [1.29, 1.82) is 0 Å². The van der Waals surface area contributed by atoms with Crippen molar-refractivity contribution in [3.05, 3.63) is 158 Å². The lowest BCUT2D eigenvalue weighted by atomic mass is 10.0. The van der Waals surface area contributed by atoms with Gasteiger partial charge < -0.3 is 9.13 Å². The summed E-state index contributed by atoms with van der Waals surface area (Å²) in [5.74, 6) is 0. The van der Waals surface area contributed by atoms with Crippen molar-refractivity contribution in [1.82, 2.24) is 9.13 Å². The highest BCUT2D eigenvalue weighted by molar-refractivity contribution is 7.26. The van der Waals surface area contributed by atoms with Gasteiger partial charge in [-0.2, -0.15) is 0 Å². The first kappa shape index (κ1) is 26.4. The van der Waals surface area contributed by atoms with Gasteiger partial charge in [0, 0.05) is 63.9 Å². The quantitative estimate of drug-likeness (QED) is 0.181. The zero-order valence-electron chi connectivity index (χ0n) is 25.7. The maximum absolute atomic E-state index is 2.44. The molecule has 4 aromatic heterocycles. The average Bonchev–Trinajstić information content (AvgIpc) is 3.93. The molecule has 0 unspecified atom stereocenters. The summed E-state index contributed by atoms with van der Waals surface area (Å²) < 4.78 is 8.85. The number of para-hydroxylation sites is 2. The lowest BCUT2D eigenvalue weighted by molar-refractivity contribution is 1.15. The number of nitrogens with zero attached hydrogens (tertiary/aromatic N) is 2. The Labute approximate surface area is 283 Å². The van der Waals surface area contributed by atoms with E-state index in [0.29, 0.717) is 0 Å². The van der Waals surface area contributed by atoms with Gasteiger partial charge in [0.25, 0.3) is 0 Å². The van der Waals surface area contributed by atoms with E-state index >= 15 is 0 Å². The third kappa shape index (κ3) is 3.61. The van der Waals surface area contributed by atoms with Gasteiger partial charge in [0.2, 0.25) is 0 Å². The van der Waals surface area contributed by atoms with Gasteiger partial charge in [-0.05, 0) is 59.5 Å². The minimum absolute atomic E-state index is 1.18. The van der Waals surface area contributed by atoms with Crippen LogP contribution in [0.15, 0.2) is 158 Å². The van der Waals surface area contributed by atoms with E-state index < -0.39 is 0 Å². The first-order valence-electron chi connectivity index (χ1n) is 16.3. The van der Waals surface area contributed by atoms with Gasteiger partial charge in [0.1, 0.15) is 0 Å². The van der Waals surface area contributed by atoms with E-state index in [1.165, 1.54) is 95.6 Å². The van der Waals surface area contributed by atoms with Crippen molar-refractivity contribution in [2.24, 2.45) is 0 Å². The van der Waals surface area contributed by atoms with Gasteiger partial charge in [-0.1, -0.05) is 103 Å². The third-order valence-electron chi connectivity index (χ3n) is 9.95. The first-order chi connectivity index (χ1) is 23.8. The van der Waals surface area contributed by atoms with Gasteiger partial charge in [0.05, 0.1) is 26.9 Å². The van der Waals surface area contributed by atoms with Crippen LogP contribution in [0.4, 0.5) is 0 Å². The Hall–Kier alpha value is -5.68. The number of aromatic nitrogens is 2. The van der Waals surface area contributed by atoms with Crippen LogP contribution < -0.4 is 0 Å². The number of hydrogen-bond donors (Lipinski definition) is 0. The molecule has 2 nitrogen and oxygen atoms in total. The topological polar surface area (TPSA) is 9.86 Å². The highest BCUT2D eigenvalue weighted by Gasteiger charge is 2.20. The molecule has 0 radical (unpaired) electrons. The summed E-state index contributed by atoms with van der Waals surface area (Å²) in [6.45, 7) is 0. The predicted octanol–water partition coefficient (Wildman–Crippen LogP) is 13.1. The van der Waals surface area contributed by atoms with Crippen molar-refractivity contribution in [3.63, 3.8) is 0 Å². The Kier molecular flexibility index (Phi) is 5.45. The summed E-state index contributed by atoms with van der Waals surface area (Å²) in [5, 5.41) is 10.3. The van der Waals surface area contributed by atoms with Crippen molar-refractivity contribution in [2.45, 2.75) is 0 Å². The molecule has 0 aliphatic rings. The zero-order chi connectivity index (χ0) is 31.3. The Morgan fingerprint density at radius 1 is 0.417 bits per heavy atom. The summed E-state index contributed by atoms with van der Waals surface area (Å²) in [6.07, 6.45) is 2.28. The van der Waals surface area contributed by atoms with Crippen LogP contribution in [0, 0.1) is 0 Å². The molecule has 0 saturated carbocycles. The van der Waals surface area contributed by atoms with E-state index in [0.717, 1.165) is 0 Å². The molecule has 0 bridgehead atoms. The molecular formula is C44H26N2S2. The van der Waals surface area contributed by atoms with E-state index in [1.807, 2.05) is 22.7 Å². The Balaban J connectivity index is 1.26. The molecule has 7 aromatic carbocycles. The number of benzene rings is 7. The SMILES string of the molecule is c1ccc(-c2cc3c4cc(-n5c6ccccc6c6ccccc65)ccc4c4c(ccn4-c4cccc5c4sc4ccccc45)c3s2)cc1. The second-order valence-electron chi connectivity index (χ2n) is 12.5. The zero-order valence-corrected chi connectivity index (χ0v) is 27.4. The van der Waals surface area contributed by atoms with Gasteiger partial charge in [-0.25, -0.2) is 0 Å². The maximum Gasteiger partial charge on any atom is 0.0634 e. The van der Waals surface area contributed by atoms with Crippen LogP contribution in [0.25, 0.3) is 95.6 Å². The van der Waals surface area contributed by atoms with Gasteiger partial charge in [-0.3, -0.25) is 0 Å². The smallest absolute Gasteiger partial charge is 0.0634 e. The monoisotopic (exact) mass is 646 g/mol. The standard InChI is InChI=1S/C44H26N2S2/c1-2-11-27(12-3-1)41-26-36-35-25-28(46-37-17-7-4-13-29(37)30-14-5-8-18-38(30)46)21-22-32(35)42-34(43(36)48-41)23-24-45(42)39-19-10-16-33-31-15-6-9-20-40(31)47-44(33)39/h1-26H. The number of fused-ring (bicyclic) bond motifs is 12. The molecule has 11 rings (SSSR count). The van der Waals surface area contributed by atoms with Crippen molar-refractivity contribution in [3.8, 4) is 21.8 Å². The van der Waals surface area contributed by atoms with E-state index in [1.54, 1.807) is 0 Å². The second kappa shape index (κ2) is 9.91. The van der Waals surface area contributed by atoms with Crippen LogP contribution in [0.3, 0.4) is 0 Å². The Morgan fingerprint density at radius 2 is 1.12 bits per heavy atom. The molecule has 48 heavy (non-hydrogen) atoms. The lowest BCUT2D eigenvalue weighted by Crippen LogP contribution is -1.96. The summed E-state index contributed by atoms with van der Waals surface area (Å²) >= 11 is 3.79. The van der Waals surface area contributed by atoms with Crippen LogP contribution in [0.2, 0.25) is 0 Å². The van der Waals surface area contributed by atoms with Crippen LogP contribution in [0.5, 0.6) is 0 Å². The van der Waals surface area contributed by atoms with Gasteiger partial charge in [0.15, 0.2) is 0 Å². The average molecular weight is 647 g/mol.